The molecule has 1 aliphatic heterocycles. The molecule has 4 aromatic rings. The number of hydrogen-bond acceptors (Lipinski definition) is 7. The highest BCUT2D eigenvalue weighted by atomic mass is 16.5. The number of benzene rings is 2. The van der Waals surface area contributed by atoms with Gasteiger partial charge in [0.2, 0.25) is 5.88 Å². The number of ether oxygens (including phenoxy) is 2. The molecule has 0 aliphatic carbocycles. The molecule has 0 radical (unpaired) electrons. The molecule has 0 saturated carbocycles. The molecule has 1 saturated heterocycles. The van der Waals surface area contributed by atoms with Gasteiger partial charge >= 0.3 is 5.97 Å². The standard InChI is InChI=1S/C29H25N3O5/c1-19-14-21(29(33)34)2-3-22(19)18-37-28-26(16-30)25(23-8-11-36-17-23)15-27(31-28)20-4-6-24(7-5-20)32-9-12-35-13-10-32/h2-8,11,14-15,17H,9-10,12-13,18H2,1H3,(H,33,34). The Morgan fingerprint density at radius 3 is 2.54 bits per heavy atom. The Kier molecular flexibility index (Phi) is 6.88. The van der Waals surface area contributed by atoms with E-state index in [1.54, 1.807) is 30.7 Å². The topological polar surface area (TPSA) is 109 Å². The molecule has 0 unspecified atom stereocenters. The van der Waals surface area contributed by atoms with Gasteiger partial charge in [0.15, 0.2) is 0 Å². The number of carboxylic acid groups (broad SMARTS) is 1. The second-order valence-corrected chi connectivity index (χ2v) is 8.74. The maximum absolute atomic E-state index is 11.3. The minimum absolute atomic E-state index is 0.137. The number of carbonyl (C=O) groups is 1. The second-order valence-electron chi connectivity index (χ2n) is 8.74. The number of anilines is 1. The van der Waals surface area contributed by atoms with Crippen molar-refractivity contribution in [3.63, 3.8) is 0 Å². The monoisotopic (exact) mass is 495 g/mol. The molecule has 2 aromatic carbocycles. The lowest BCUT2D eigenvalue weighted by Gasteiger charge is -2.28. The number of nitriles is 1. The quantitative estimate of drug-likeness (QED) is 0.368. The van der Waals surface area contributed by atoms with E-state index in [1.165, 1.54) is 6.07 Å². The Balaban J connectivity index is 1.49. The fourth-order valence-electron chi connectivity index (χ4n) is 4.33. The number of nitrogens with zero attached hydrogens (tertiary/aromatic N) is 3. The molecule has 2 aromatic heterocycles. The van der Waals surface area contributed by atoms with Gasteiger partial charge in [-0.2, -0.15) is 5.26 Å². The summed E-state index contributed by atoms with van der Waals surface area (Å²) in [7, 11) is 0. The van der Waals surface area contributed by atoms with Gasteiger partial charge in [-0.1, -0.05) is 18.2 Å². The normalized spacial score (nSPS) is 13.2. The molecule has 5 rings (SSSR count). The van der Waals surface area contributed by atoms with E-state index >= 15 is 0 Å². The van der Waals surface area contributed by atoms with Crippen LogP contribution in [0.25, 0.3) is 22.4 Å². The van der Waals surface area contributed by atoms with Gasteiger partial charge in [-0.3, -0.25) is 0 Å². The highest BCUT2D eigenvalue weighted by molar-refractivity contribution is 5.87. The maximum atomic E-state index is 11.3. The van der Waals surface area contributed by atoms with Crippen molar-refractivity contribution in [2.75, 3.05) is 31.2 Å². The zero-order valence-corrected chi connectivity index (χ0v) is 20.3. The summed E-state index contributed by atoms with van der Waals surface area (Å²) in [6.07, 6.45) is 3.14. The van der Waals surface area contributed by atoms with Crippen molar-refractivity contribution in [1.29, 1.82) is 5.26 Å². The molecule has 8 nitrogen and oxygen atoms in total. The van der Waals surface area contributed by atoms with Crippen LogP contribution < -0.4 is 9.64 Å². The summed E-state index contributed by atoms with van der Waals surface area (Å²) >= 11 is 0. The van der Waals surface area contributed by atoms with Crippen molar-refractivity contribution in [2.24, 2.45) is 0 Å². The average Bonchev–Trinajstić information content (AvgIpc) is 3.47. The van der Waals surface area contributed by atoms with Crippen molar-refractivity contribution in [1.82, 2.24) is 4.98 Å². The lowest BCUT2D eigenvalue weighted by molar-refractivity contribution is 0.0696. The molecule has 37 heavy (non-hydrogen) atoms. The van der Waals surface area contributed by atoms with E-state index in [9.17, 15) is 15.2 Å². The Morgan fingerprint density at radius 1 is 1.11 bits per heavy atom. The minimum atomic E-state index is -0.985. The van der Waals surface area contributed by atoms with E-state index in [1.807, 2.05) is 25.1 Å². The Labute approximate surface area is 214 Å². The van der Waals surface area contributed by atoms with Gasteiger partial charge in [0.25, 0.3) is 0 Å². The van der Waals surface area contributed by atoms with Crippen LogP contribution in [0.3, 0.4) is 0 Å². The Hall–Kier alpha value is -4.61. The summed E-state index contributed by atoms with van der Waals surface area (Å²) in [5, 5.41) is 19.2. The molecule has 0 spiro atoms. The largest absolute Gasteiger partial charge is 0.478 e. The maximum Gasteiger partial charge on any atom is 0.335 e. The first-order valence-electron chi connectivity index (χ1n) is 11.9. The molecule has 1 fully saturated rings. The summed E-state index contributed by atoms with van der Waals surface area (Å²) in [6, 6.07) is 18.9. The third kappa shape index (κ3) is 5.17. The smallest absolute Gasteiger partial charge is 0.335 e. The van der Waals surface area contributed by atoms with Crippen LogP contribution in [0.4, 0.5) is 5.69 Å². The Morgan fingerprint density at radius 2 is 1.89 bits per heavy atom. The van der Waals surface area contributed by atoms with Crippen LogP contribution in [0.5, 0.6) is 5.88 Å². The number of carboxylic acids is 1. The molecule has 3 heterocycles. The fraction of sp³-hybridized carbons (Fsp3) is 0.207. The third-order valence-electron chi connectivity index (χ3n) is 6.42. The van der Waals surface area contributed by atoms with Gasteiger partial charge < -0.3 is 23.9 Å². The minimum Gasteiger partial charge on any atom is -0.478 e. The van der Waals surface area contributed by atoms with E-state index in [-0.39, 0.29) is 18.1 Å². The van der Waals surface area contributed by atoms with Crippen LogP contribution in [-0.4, -0.2) is 42.4 Å². The first-order chi connectivity index (χ1) is 18.0. The van der Waals surface area contributed by atoms with Gasteiger partial charge in [0.05, 0.1) is 37.0 Å². The van der Waals surface area contributed by atoms with Gasteiger partial charge in [0, 0.05) is 35.5 Å². The van der Waals surface area contributed by atoms with Gasteiger partial charge in [-0.15, -0.1) is 0 Å². The number of pyridine rings is 1. The lowest BCUT2D eigenvalue weighted by atomic mass is 10.0. The molecule has 186 valence electrons. The van der Waals surface area contributed by atoms with E-state index < -0.39 is 5.97 Å². The molecule has 1 N–H and O–H groups in total. The summed E-state index contributed by atoms with van der Waals surface area (Å²) < 4.78 is 16.8. The number of rotatable bonds is 7. The SMILES string of the molecule is Cc1cc(C(=O)O)ccc1COc1nc(-c2ccc(N3CCOCC3)cc2)cc(-c2ccoc2)c1C#N. The highest BCUT2D eigenvalue weighted by Gasteiger charge is 2.19. The molecule has 0 bridgehead atoms. The number of aromatic nitrogens is 1. The molecule has 0 amide bonds. The van der Waals surface area contributed by atoms with Crippen LogP contribution in [0, 0.1) is 18.3 Å². The van der Waals surface area contributed by atoms with E-state index in [0.29, 0.717) is 30.0 Å². The van der Waals surface area contributed by atoms with E-state index in [0.717, 1.165) is 41.0 Å². The first-order valence-corrected chi connectivity index (χ1v) is 11.9. The van der Waals surface area contributed by atoms with E-state index in [2.05, 4.69) is 23.1 Å². The zero-order valence-electron chi connectivity index (χ0n) is 20.3. The van der Waals surface area contributed by atoms with Crippen molar-refractivity contribution < 1.29 is 23.8 Å². The molecule has 0 atom stereocenters. The molecular weight excluding hydrogens is 470 g/mol. The zero-order chi connectivity index (χ0) is 25.8. The van der Waals surface area contributed by atoms with Crippen LogP contribution in [0.1, 0.15) is 27.0 Å². The molecule has 1 aliphatic rings. The summed E-state index contributed by atoms with van der Waals surface area (Å²) in [5.74, 6) is -0.781. The average molecular weight is 496 g/mol. The van der Waals surface area contributed by atoms with Crippen LogP contribution in [0.15, 0.2) is 71.5 Å². The summed E-state index contributed by atoms with van der Waals surface area (Å²) in [5.41, 5.74) is 6.17. The lowest BCUT2D eigenvalue weighted by Crippen LogP contribution is -2.36. The number of aromatic carboxylic acids is 1. The van der Waals surface area contributed by atoms with E-state index in [4.69, 9.17) is 18.9 Å². The number of hydrogen-bond donors (Lipinski definition) is 1. The fourth-order valence-corrected chi connectivity index (χ4v) is 4.33. The van der Waals surface area contributed by atoms with Crippen LogP contribution in [0.2, 0.25) is 0 Å². The first kappa shape index (κ1) is 24.1. The Bertz CT molecular complexity index is 1450. The van der Waals surface area contributed by atoms with Crippen molar-refractivity contribution in [3.8, 4) is 34.3 Å². The van der Waals surface area contributed by atoms with Gasteiger partial charge in [-0.25, -0.2) is 9.78 Å². The van der Waals surface area contributed by atoms with Gasteiger partial charge in [0.1, 0.15) is 18.2 Å². The highest BCUT2D eigenvalue weighted by Crippen LogP contribution is 2.34. The van der Waals surface area contributed by atoms with Gasteiger partial charge in [-0.05, 0) is 54.4 Å². The van der Waals surface area contributed by atoms with Crippen LogP contribution in [-0.2, 0) is 11.3 Å². The van der Waals surface area contributed by atoms with Crippen LogP contribution >= 0.6 is 0 Å². The number of aryl methyl sites for hydroxylation is 1. The van der Waals surface area contributed by atoms with Crippen molar-refractivity contribution in [2.45, 2.75) is 13.5 Å². The molecule has 8 heteroatoms. The predicted octanol–water partition coefficient (Wildman–Crippen LogP) is 5.30. The second kappa shape index (κ2) is 10.6. The van der Waals surface area contributed by atoms with Crippen molar-refractivity contribution >= 4 is 11.7 Å². The number of morpholine rings is 1. The summed E-state index contributed by atoms with van der Waals surface area (Å²) in [6.45, 7) is 5.09. The van der Waals surface area contributed by atoms with Crippen molar-refractivity contribution in [3.05, 3.63) is 89.4 Å². The summed E-state index contributed by atoms with van der Waals surface area (Å²) in [4.78, 5) is 18.3. The predicted molar refractivity (Wildman–Crippen MR) is 138 cm³/mol. The third-order valence-corrected chi connectivity index (χ3v) is 6.42. The molecular formula is C29H25N3O5. The number of furan rings is 1.